The number of anilines is 2. The molecule has 0 saturated heterocycles. The highest BCUT2D eigenvalue weighted by Crippen LogP contribution is 2.35. The fourth-order valence-electron chi connectivity index (χ4n) is 4.04. The maximum atomic E-state index is 13.7. The quantitative estimate of drug-likeness (QED) is 0.172. The number of methoxy groups -OCH3 is 2. The molecule has 0 unspecified atom stereocenters. The largest absolute Gasteiger partial charge is 0.497 e. The second-order valence-corrected chi connectivity index (χ2v) is 11.4. The van der Waals surface area contributed by atoms with Crippen LogP contribution in [-0.4, -0.2) is 46.7 Å². The molecule has 0 saturated carbocycles. The molecule has 0 atom stereocenters. The van der Waals surface area contributed by atoms with E-state index in [4.69, 9.17) is 21.1 Å². The Morgan fingerprint density at radius 1 is 0.860 bits per heavy atom. The van der Waals surface area contributed by atoms with Crippen LogP contribution < -0.4 is 24.5 Å². The van der Waals surface area contributed by atoms with E-state index >= 15 is 0 Å². The van der Waals surface area contributed by atoms with E-state index in [2.05, 4.69) is 15.8 Å². The highest BCUT2D eigenvalue weighted by molar-refractivity contribution is 7.92. The number of benzene rings is 4. The van der Waals surface area contributed by atoms with Gasteiger partial charge in [-0.05, 0) is 67.1 Å². The first-order chi connectivity index (χ1) is 20.6. The zero-order chi connectivity index (χ0) is 31.0. The summed E-state index contributed by atoms with van der Waals surface area (Å²) in [7, 11) is -1.31. The SMILES string of the molecule is COc1ccc(N(CC(=O)N/N=C(/C)c2cccc(NC(=O)c3cccc(Cl)c3)c2)S(=O)(=O)c2ccccc2)c(OC)c1. The van der Waals surface area contributed by atoms with Crippen molar-refractivity contribution < 1.29 is 27.5 Å². The van der Waals surface area contributed by atoms with Crippen molar-refractivity contribution in [2.75, 3.05) is 30.4 Å². The molecule has 0 aliphatic carbocycles. The average molecular weight is 621 g/mol. The van der Waals surface area contributed by atoms with E-state index in [-0.39, 0.29) is 22.2 Å². The topological polar surface area (TPSA) is 126 Å². The van der Waals surface area contributed by atoms with Gasteiger partial charge in [0.05, 0.1) is 30.5 Å². The molecule has 4 aromatic rings. The predicted octanol–water partition coefficient (Wildman–Crippen LogP) is 5.35. The van der Waals surface area contributed by atoms with Gasteiger partial charge < -0.3 is 14.8 Å². The van der Waals surface area contributed by atoms with Gasteiger partial charge in [0.15, 0.2) is 0 Å². The number of hydrogen-bond donors (Lipinski definition) is 2. The van der Waals surface area contributed by atoms with Crippen molar-refractivity contribution in [2.24, 2.45) is 5.10 Å². The zero-order valence-electron chi connectivity index (χ0n) is 23.6. The molecule has 0 aliphatic rings. The fourth-order valence-corrected chi connectivity index (χ4v) is 5.68. The summed E-state index contributed by atoms with van der Waals surface area (Å²) in [5.41, 5.74) is 4.53. The van der Waals surface area contributed by atoms with E-state index < -0.39 is 22.5 Å². The molecule has 10 nitrogen and oxygen atoms in total. The van der Waals surface area contributed by atoms with Crippen LogP contribution in [0.5, 0.6) is 11.5 Å². The van der Waals surface area contributed by atoms with E-state index in [1.807, 2.05) is 0 Å². The number of hydrazone groups is 1. The summed E-state index contributed by atoms with van der Waals surface area (Å²) in [6.07, 6.45) is 0. The van der Waals surface area contributed by atoms with Gasteiger partial charge >= 0.3 is 0 Å². The van der Waals surface area contributed by atoms with Gasteiger partial charge in [-0.15, -0.1) is 0 Å². The van der Waals surface area contributed by atoms with Crippen LogP contribution in [-0.2, 0) is 14.8 Å². The Bertz CT molecular complexity index is 1760. The summed E-state index contributed by atoms with van der Waals surface area (Å²) in [6.45, 7) is 1.08. The molecule has 0 aromatic heterocycles. The Kier molecular flexibility index (Phi) is 10.0. The first kappa shape index (κ1) is 31.1. The Labute approximate surface area is 254 Å². The number of halogens is 1. The number of nitrogens with zero attached hydrogens (tertiary/aromatic N) is 2. The number of carbonyl (C=O) groups excluding carboxylic acids is 2. The van der Waals surface area contributed by atoms with Crippen molar-refractivity contribution in [2.45, 2.75) is 11.8 Å². The van der Waals surface area contributed by atoms with Crippen LogP contribution in [0, 0.1) is 0 Å². The van der Waals surface area contributed by atoms with Gasteiger partial charge in [0.1, 0.15) is 18.0 Å². The first-order valence-electron chi connectivity index (χ1n) is 12.9. The van der Waals surface area contributed by atoms with Crippen LogP contribution in [0.15, 0.2) is 107 Å². The Morgan fingerprint density at radius 3 is 2.28 bits per heavy atom. The van der Waals surface area contributed by atoms with Crippen molar-refractivity contribution >= 4 is 50.5 Å². The highest BCUT2D eigenvalue weighted by atomic mass is 35.5. The second kappa shape index (κ2) is 13.9. The number of carbonyl (C=O) groups is 2. The lowest BCUT2D eigenvalue weighted by Gasteiger charge is -2.25. The van der Waals surface area contributed by atoms with Gasteiger partial charge in [0.25, 0.3) is 21.8 Å². The van der Waals surface area contributed by atoms with Crippen molar-refractivity contribution in [1.29, 1.82) is 0 Å². The third-order valence-corrected chi connectivity index (χ3v) is 8.26. The van der Waals surface area contributed by atoms with E-state index in [0.29, 0.717) is 33.3 Å². The molecule has 222 valence electrons. The summed E-state index contributed by atoms with van der Waals surface area (Å²) in [5, 5.41) is 7.42. The maximum absolute atomic E-state index is 13.7. The molecule has 2 N–H and O–H groups in total. The molecule has 0 fully saturated rings. The number of amides is 2. The molecule has 12 heteroatoms. The maximum Gasteiger partial charge on any atom is 0.264 e. The van der Waals surface area contributed by atoms with E-state index in [1.165, 1.54) is 38.5 Å². The van der Waals surface area contributed by atoms with Crippen molar-refractivity contribution in [3.8, 4) is 11.5 Å². The summed E-state index contributed by atoms with van der Waals surface area (Å²) < 4.78 is 39.0. The normalized spacial score (nSPS) is 11.4. The number of rotatable bonds is 11. The minimum Gasteiger partial charge on any atom is -0.497 e. The van der Waals surface area contributed by atoms with Crippen LogP contribution in [0.1, 0.15) is 22.8 Å². The zero-order valence-corrected chi connectivity index (χ0v) is 25.1. The van der Waals surface area contributed by atoms with Crippen molar-refractivity contribution in [1.82, 2.24) is 5.43 Å². The molecule has 43 heavy (non-hydrogen) atoms. The number of sulfonamides is 1. The Morgan fingerprint density at radius 2 is 1.58 bits per heavy atom. The summed E-state index contributed by atoms with van der Waals surface area (Å²) in [4.78, 5) is 25.7. The van der Waals surface area contributed by atoms with Gasteiger partial charge in [0.2, 0.25) is 0 Å². The van der Waals surface area contributed by atoms with Crippen LogP contribution in [0.3, 0.4) is 0 Å². The minimum atomic E-state index is -4.18. The lowest BCUT2D eigenvalue weighted by Crippen LogP contribution is -2.40. The highest BCUT2D eigenvalue weighted by Gasteiger charge is 2.29. The molecule has 0 spiro atoms. The van der Waals surface area contributed by atoms with Crippen molar-refractivity contribution in [3.63, 3.8) is 0 Å². The average Bonchev–Trinajstić information content (AvgIpc) is 3.02. The lowest BCUT2D eigenvalue weighted by atomic mass is 10.1. The molecular weight excluding hydrogens is 592 g/mol. The van der Waals surface area contributed by atoms with Crippen LogP contribution in [0.25, 0.3) is 0 Å². The fraction of sp³-hybridized carbons (Fsp3) is 0.129. The van der Waals surface area contributed by atoms with Crippen LogP contribution in [0.4, 0.5) is 11.4 Å². The van der Waals surface area contributed by atoms with E-state index in [9.17, 15) is 18.0 Å². The van der Waals surface area contributed by atoms with Crippen molar-refractivity contribution in [3.05, 3.63) is 113 Å². The third kappa shape index (κ3) is 7.70. The molecule has 0 bridgehead atoms. The molecule has 0 heterocycles. The second-order valence-electron chi connectivity index (χ2n) is 9.14. The number of nitrogens with one attached hydrogen (secondary N) is 2. The standard InChI is InChI=1S/C31H29ClN4O6S/c1-21(22-9-8-12-25(18-22)33-31(38)23-10-7-11-24(32)17-23)34-35-30(37)20-36(43(39,40)27-13-5-4-6-14-27)28-16-15-26(41-2)19-29(28)42-3/h4-19H,20H2,1-3H3,(H,33,38)(H,35,37)/b34-21-. The summed E-state index contributed by atoms with van der Waals surface area (Å²) >= 11 is 5.99. The van der Waals surface area contributed by atoms with E-state index in [0.717, 1.165) is 4.31 Å². The van der Waals surface area contributed by atoms with Crippen LogP contribution >= 0.6 is 11.6 Å². The molecule has 4 rings (SSSR count). The monoisotopic (exact) mass is 620 g/mol. The minimum absolute atomic E-state index is 0.00279. The van der Waals surface area contributed by atoms with Gasteiger partial charge in [-0.25, -0.2) is 13.8 Å². The van der Waals surface area contributed by atoms with E-state index in [1.54, 1.807) is 79.7 Å². The third-order valence-electron chi connectivity index (χ3n) is 6.25. The van der Waals surface area contributed by atoms with Gasteiger partial charge in [-0.1, -0.05) is 48.0 Å². The van der Waals surface area contributed by atoms with Gasteiger partial charge in [-0.2, -0.15) is 5.10 Å². The molecular formula is C31H29ClN4O6S. The lowest BCUT2D eigenvalue weighted by molar-refractivity contribution is -0.119. The number of ether oxygens (including phenoxy) is 2. The summed E-state index contributed by atoms with van der Waals surface area (Å²) in [5.74, 6) is -0.380. The molecule has 2 amide bonds. The first-order valence-corrected chi connectivity index (χ1v) is 14.7. The predicted molar refractivity (Wildman–Crippen MR) is 167 cm³/mol. The van der Waals surface area contributed by atoms with Gasteiger partial charge in [0, 0.05) is 22.3 Å². The smallest absolute Gasteiger partial charge is 0.264 e. The Balaban J connectivity index is 1.55. The van der Waals surface area contributed by atoms with Crippen LogP contribution in [0.2, 0.25) is 5.02 Å². The van der Waals surface area contributed by atoms with Gasteiger partial charge in [-0.3, -0.25) is 13.9 Å². The molecule has 0 radical (unpaired) electrons. The molecule has 4 aromatic carbocycles. The number of hydrogen-bond acceptors (Lipinski definition) is 7. The Hall–Kier alpha value is -4.87. The summed E-state index contributed by atoms with van der Waals surface area (Å²) in [6, 6.07) is 25.8. The molecule has 0 aliphatic heterocycles.